The summed E-state index contributed by atoms with van der Waals surface area (Å²) < 4.78 is 6.75. The zero-order chi connectivity index (χ0) is 17.0. The second-order valence-corrected chi connectivity index (χ2v) is 6.85. The highest BCUT2D eigenvalue weighted by molar-refractivity contribution is 7.17. The Morgan fingerprint density at radius 1 is 1.38 bits per heavy atom. The number of aliphatic hydroxyl groups is 1. The van der Waals surface area contributed by atoms with Crippen LogP contribution in [0.3, 0.4) is 0 Å². The van der Waals surface area contributed by atoms with E-state index in [4.69, 9.17) is 4.74 Å². The van der Waals surface area contributed by atoms with Crippen molar-refractivity contribution >= 4 is 34.0 Å². The monoisotopic (exact) mass is 348 g/mol. The summed E-state index contributed by atoms with van der Waals surface area (Å²) in [6.45, 7) is 1.73. The summed E-state index contributed by atoms with van der Waals surface area (Å²) >= 11 is 1.66. The van der Waals surface area contributed by atoms with Gasteiger partial charge in [0.05, 0.1) is 6.61 Å². The molecule has 0 amide bonds. The molecule has 2 heterocycles. The lowest BCUT2D eigenvalue weighted by atomic mass is 9.99. The fraction of sp³-hybridized carbons (Fsp3) is 0.412. The van der Waals surface area contributed by atoms with E-state index >= 15 is 0 Å². The third kappa shape index (κ3) is 3.40. The molecule has 1 fully saturated rings. The number of piperazine rings is 1. The van der Waals surface area contributed by atoms with Crippen LogP contribution >= 0.6 is 11.3 Å². The first-order valence-corrected chi connectivity index (χ1v) is 8.68. The summed E-state index contributed by atoms with van der Waals surface area (Å²) in [5, 5.41) is 16.4. The second kappa shape index (κ2) is 7.50. The number of aliphatic hydroxyl groups excluding tert-OH is 1. The molecular weight excluding hydrogens is 328 g/mol. The highest BCUT2D eigenvalue weighted by atomic mass is 32.1. The highest BCUT2D eigenvalue weighted by Crippen LogP contribution is 2.25. The molecule has 3 rings (SSSR count). The molecule has 1 saturated heterocycles. The lowest BCUT2D eigenvalue weighted by Crippen LogP contribution is -2.63. The van der Waals surface area contributed by atoms with Crippen molar-refractivity contribution in [3.63, 3.8) is 0 Å². The van der Waals surface area contributed by atoms with Crippen molar-refractivity contribution in [1.29, 1.82) is 0 Å². The van der Waals surface area contributed by atoms with E-state index in [0.717, 1.165) is 10.9 Å². The van der Waals surface area contributed by atoms with Gasteiger partial charge in [0.2, 0.25) is 0 Å². The van der Waals surface area contributed by atoms with Gasteiger partial charge in [-0.05, 0) is 34.5 Å². The molecule has 6 nitrogen and oxygen atoms in total. The van der Waals surface area contributed by atoms with Crippen molar-refractivity contribution in [3.8, 4) is 0 Å². The summed E-state index contributed by atoms with van der Waals surface area (Å²) in [4.78, 5) is 24.3. The minimum absolute atomic E-state index is 0.105. The molecule has 2 N–H and O–H groups in total. The fourth-order valence-corrected chi connectivity index (χ4v) is 3.60. The van der Waals surface area contributed by atoms with Crippen molar-refractivity contribution < 1.29 is 19.4 Å². The van der Waals surface area contributed by atoms with Gasteiger partial charge in [0.15, 0.2) is 0 Å². The summed E-state index contributed by atoms with van der Waals surface area (Å²) in [6, 6.07) is 7.84. The first-order valence-electron chi connectivity index (χ1n) is 7.80. The fourth-order valence-electron chi connectivity index (χ4n) is 2.83. The Labute approximate surface area is 144 Å². The number of aldehydes is 2. The Hall–Kier alpha value is -1.64. The summed E-state index contributed by atoms with van der Waals surface area (Å²) in [5.41, 5.74) is -0.392. The molecule has 2 aromatic rings. The van der Waals surface area contributed by atoms with Gasteiger partial charge in [-0.1, -0.05) is 6.07 Å². The van der Waals surface area contributed by atoms with Crippen molar-refractivity contribution in [3.05, 3.63) is 35.2 Å². The Bertz CT molecular complexity index is 709. The normalized spacial score (nSPS) is 19.2. The molecular formula is C17H20N2O4S. The molecule has 0 radical (unpaired) electrons. The van der Waals surface area contributed by atoms with E-state index in [0.29, 0.717) is 25.7 Å². The molecule has 1 atom stereocenters. The lowest BCUT2D eigenvalue weighted by molar-refractivity contribution is -0.137. The van der Waals surface area contributed by atoms with Crippen molar-refractivity contribution in [2.45, 2.75) is 11.6 Å². The number of thiophene rings is 1. The molecule has 1 unspecified atom stereocenters. The summed E-state index contributed by atoms with van der Waals surface area (Å²) in [7, 11) is 0. The number of hydrogen-bond donors (Lipinski definition) is 2. The first-order chi connectivity index (χ1) is 11.7. The Morgan fingerprint density at radius 3 is 3.00 bits per heavy atom. The number of hydrogen-bond acceptors (Lipinski definition) is 7. The molecule has 7 heteroatoms. The summed E-state index contributed by atoms with van der Waals surface area (Å²) in [6.07, 6.45) is 0.548. The summed E-state index contributed by atoms with van der Waals surface area (Å²) in [5.74, 6) is 0. The van der Waals surface area contributed by atoms with Gasteiger partial charge in [0.25, 0.3) is 0 Å². The van der Waals surface area contributed by atoms with Crippen molar-refractivity contribution in [2.75, 3.05) is 33.0 Å². The third-order valence-corrected chi connectivity index (χ3v) is 5.25. The van der Waals surface area contributed by atoms with E-state index in [1.165, 1.54) is 4.70 Å². The number of benzene rings is 1. The van der Waals surface area contributed by atoms with E-state index in [2.05, 4.69) is 5.32 Å². The third-order valence-electron chi connectivity index (χ3n) is 4.35. The minimum Gasteiger partial charge on any atom is -0.386 e. The maximum atomic E-state index is 11.3. The predicted molar refractivity (Wildman–Crippen MR) is 92.0 cm³/mol. The van der Waals surface area contributed by atoms with Crippen LogP contribution in [0.1, 0.15) is 11.7 Å². The van der Waals surface area contributed by atoms with Crippen LogP contribution in [0.25, 0.3) is 10.1 Å². The molecule has 0 saturated carbocycles. The van der Waals surface area contributed by atoms with Gasteiger partial charge >= 0.3 is 0 Å². The maximum absolute atomic E-state index is 11.3. The Morgan fingerprint density at radius 2 is 2.21 bits per heavy atom. The predicted octanol–water partition coefficient (Wildman–Crippen LogP) is 0.951. The van der Waals surface area contributed by atoms with E-state index < -0.39 is 11.6 Å². The molecule has 24 heavy (non-hydrogen) atoms. The van der Waals surface area contributed by atoms with Crippen molar-refractivity contribution in [1.82, 2.24) is 10.2 Å². The van der Waals surface area contributed by atoms with Crippen LogP contribution in [-0.2, 0) is 14.3 Å². The molecule has 0 spiro atoms. The first kappa shape index (κ1) is 17.2. The average molecular weight is 348 g/mol. The van der Waals surface area contributed by atoms with E-state index in [9.17, 15) is 14.7 Å². The van der Waals surface area contributed by atoms with Crippen LogP contribution in [0.2, 0.25) is 0 Å². The highest BCUT2D eigenvalue weighted by Gasteiger charge is 2.38. The topological polar surface area (TPSA) is 78.9 Å². The number of nitrogens with one attached hydrogen (secondary N) is 1. The number of ether oxygens (including phenoxy) is 1. The molecule has 128 valence electrons. The molecule has 0 bridgehead atoms. The number of carbonyl (C=O) groups excluding carboxylic acids is 2. The zero-order valence-electron chi connectivity index (χ0n) is 13.2. The largest absolute Gasteiger partial charge is 0.386 e. The number of carbonyl (C=O) groups is 2. The van der Waals surface area contributed by atoms with Crippen molar-refractivity contribution in [2.24, 2.45) is 0 Å². The van der Waals surface area contributed by atoms with E-state index in [-0.39, 0.29) is 19.9 Å². The molecule has 1 aliphatic rings. The van der Waals surface area contributed by atoms with Gasteiger partial charge in [-0.15, -0.1) is 11.3 Å². The van der Waals surface area contributed by atoms with Crippen LogP contribution < -0.4 is 5.32 Å². The maximum Gasteiger partial charge on any atom is 0.148 e. The van der Waals surface area contributed by atoms with Crippen LogP contribution in [0, 0.1) is 0 Å². The average Bonchev–Trinajstić information content (AvgIpc) is 3.09. The van der Waals surface area contributed by atoms with Crippen LogP contribution in [0.15, 0.2) is 29.6 Å². The van der Waals surface area contributed by atoms with Gasteiger partial charge in [-0.2, -0.15) is 0 Å². The lowest BCUT2D eigenvalue weighted by Gasteiger charge is -2.39. The molecule has 1 aromatic heterocycles. The van der Waals surface area contributed by atoms with Crippen LogP contribution in [0.4, 0.5) is 0 Å². The van der Waals surface area contributed by atoms with Crippen LogP contribution in [-0.4, -0.2) is 61.1 Å². The number of nitrogens with zero attached hydrogens (tertiary/aromatic N) is 1. The van der Waals surface area contributed by atoms with E-state index in [1.807, 2.05) is 29.6 Å². The zero-order valence-corrected chi connectivity index (χ0v) is 14.0. The van der Waals surface area contributed by atoms with E-state index in [1.54, 1.807) is 16.2 Å². The van der Waals surface area contributed by atoms with Gasteiger partial charge in [-0.3, -0.25) is 4.90 Å². The molecule has 1 aliphatic heterocycles. The van der Waals surface area contributed by atoms with Gasteiger partial charge in [0.1, 0.15) is 30.9 Å². The number of rotatable bonds is 7. The molecule has 1 aromatic carbocycles. The standard InChI is InChI=1S/C17H20N2O4S/c20-10-17(11-21)9-18-4-5-19(17)12-23-8-15(22)13-1-2-16-14(7-13)3-6-24-16/h1-3,6-7,10-11,15,18,22H,4-5,8-9,12H2. The Kier molecular flexibility index (Phi) is 5.37. The smallest absolute Gasteiger partial charge is 0.148 e. The SMILES string of the molecule is O=CC1(C=O)CNCCN1COCC(O)c1ccc2sccc2c1. The second-order valence-electron chi connectivity index (χ2n) is 5.90. The molecule has 0 aliphatic carbocycles. The van der Waals surface area contributed by atoms with Gasteiger partial charge < -0.3 is 24.7 Å². The number of fused-ring (bicyclic) bond motifs is 1. The quantitative estimate of drug-likeness (QED) is 0.573. The Balaban J connectivity index is 1.58. The minimum atomic E-state index is -1.18. The van der Waals surface area contributed by atoms with Gasteiger partial charge in [-0.25, -0.2) is 0 Å². The van der Waals surface area contributed by atoms with Crippen LogP contribution in [0.5, 0.6) is 0 Å². The van der Waals surface area contributed by atoms with Gasteiger partial charge in [0, 0.05) is 24.3 Å².